The van der Waals surface area contributed by atoms with Gasteiger partial charge in [-0.15, -0.1) is 0 Å². The SMILES string of the molecule is COC(=O)C(Nc1ccc(Cl)cc1)c1cc(C)ccc1F. The van der Waals surface area contributed by atoms with Crippen LogP contribution in [-0.2, 0) is 9.53 Å². The van der Waals surface area contributed by atoms with Crippen LogP contribution in [0.5, 0.6) is 0 Å². The van der Waals surface area contributed by atoms with Gasteiger partial charge in [-0.3, -0.25) is 0 Å². The van der Waals surface area contributed by atoms with Gasteiger partial charge in [0.15, 0.2) is 6.04 Å². The van der Waals surface area contributed by atoms with Gasteiger partial charge in [-0.2, -0.15) is 0 Å². The maximum Gasteiger partial charge on any atom is 0.333 e. The maximum atomic E-state index is 14.0. The lowest BCUT2D eigenvalue weighted by Crippen LogP contribution is -2.23. The predicted molar refractivity (Wildman–Crippen MR) is 81.0 cm³/mol. The number of ether oxygens (including phenoxy) is 1. The van der Waals surface area contributed by atoms with E-state index in [4.69, 9.17) is 16.3 Å². The monoisotopic (exact) mass is 307 g/mol. The molecule has 1 N–H and O–H groups in total. The summed E-state index contributed by atoms with van der Waals surface area (Å²) in [5.74, 6) is -1.02. The number of benzene rings is 2. The molecule has 0 radical (unpaired) electrons. The number of rotatable bonds is 4. The third-order valence-corrected chi connectivity index (χ3v) is 3.31. The Morgan fingerprint density at radius 3 is 2.52 bits per heavy atom. The molecule has 0 bridgehead atoms. The van der Waals surface area contributed by atoms with E-state index in [1.807, 2.05) is 6.92 Å². The zero-order valence-electron chi connectivity index (χ0n) is 11.7. The molecule has 0 saturated carbocycles. The average molecular weight is 308 g/mol. The van der Waals surface area contributed by atoms with E-state index >= 15 is 0 Å². The third kappa shape index (κ3) is 3.73. The van der Waals surface area contributed by atoms with Gasteiger partial charge in [0.1, 0.15) is 5.82 Å². The smallest absolute Gasteiger partial charge is 0.333 e. The van der Waals surface area contributed by atoms with E-state index in [1.165, 1.54) is 13.2 Å². The van der Waals surface area contributed by atoms with Gasteiger partial charge in [0, 0.05) is 16.3 Å². The quantitative estimate of drug-likeness (QED) is 0.864. The van der Waals surface area contributed by atoms with Crippen molar-refractivity contribution in [2.75, 3.05) is 12.4 Å². The van der Waals surface area contributed by atoms with Crippen molar-refractivity contribution in [2.24, 2.45) is 0 Å². The van der Waals surface area contributed by atoms with Gasteiger partial charge >= 0.3 is 5.97 Å². The Hall–Kier alpha value is -2.07. The number of esters is 1. The minimum atomic E-state index is -0.920. The van der Waals surface area contributed by atoms with E-state index < -0.39 is 17.8 Å². The number of carbonyl (C=O) groups excluding carboxylic acids is 1. The van der Waals surface area contributed by atoms with Crippen molar-refractivity contribution in [1.29, 1.82) is 0 Å². The van der Waals surface area contributed by atoms with E-state index in [0.29, 0.717) is 10.7 Å². The fourth-order valence-electron chi connectivity index (χ4n) is 1.98. The largest absolute Gasteiger partial charge is 0.467 e. The predicted octanol–water partition coefficient (Wildman–Crippen LogP) is 4.11. The summed E-state index contributed by atoms with van der Waals surface area (Å²) in [5, 5.41) is 3.55. The van der Waals surface area contributed by atoms with Gasteiger partial charge in [0.2, 0.25) is 0 Å². The van der Waals surface area contributed by atoms with E-state index in [2.05, 4.69) is 5.32 Å². The van der Waals surface area contributed by atoms with Crippen LogP contribution < -0.4 is 5.32 Å². The molecule has 0 aromatic heterocycles. The van der Waals surface area contributed by atoms with Crippen molar-refractivity contribution in [3.63, 3.8) is 0 Å². The fraction of sp³-hybridized carbons (Fsp3) is 0.188. The third-order valence-electron chi connectivity index (χ3n) is 3.05. The lowest BCUT2D eigenvalue weighted by atomic mass is 10.0. The summed E-state index contributed by atoms with van der Waals surface area (Å²) >= 11 is 5.82. The minimum Gasteiger partial charge on any atom is -0.467 e. The van der Waals surface area contributed by atoms with Gasteiger partial charge in [-0.25, -0.2) is 9.18 Å². The summed E-state index contributed by atoms with van der Waals surface area (Å²) in [4.78, 5) is 12.0. The highest BCUT2D eigenvalue weighted by atomic mass is 35.5. The molecular weight excluding hydrogens is 293 g/mol. The van der Waals surface area contributed by atoms with Crippen LogP contribution in [0.3, 0.4) is 0 Å². The first-order chi connectivity index (χ1) is 10.0. The second-order valence-electron chi connectivity index (χ2n) is 4.63. The Morgan fingerprint density at radius 1 is 1.24 bits per heavy atom. The minimum absolute atomic E-state index is 0.247. The number of aryl methyl sites for hydroxylation is 1. The van der Waals surface area contributed by atoms with E-state index in [9.17, 15) is 9.18 Å². The van der Waals surface area contributed by atoms with Crippen LogP contribution in [0, 0.1) is 12.7 Å². The first-order valence-corrected chi connectivity index (χ1v) is 6.75. The number of hydrogen-bond acceptors (Lipinski definition) is 3. The summed E-state index contributed by atoms with van der Waals surface area (Å²) in [6.07, 6.45) is 0. The molecule has 1 unspecified atom stereocenters. The van der Waals surface area contributed by atoms with Gasteiger partial charge in [0.05, 0.1) is 7.11 Å². The zero-order chi connectivity index (χ0) is 15.4. The summed E-state index contributed by atoms with van der Waals surface area (Å²) in [6, 6.07) is 10.5. The average Bonchev–Trinajstić information content (AvgIpc) is 2.48. The van der Waals surface area contributed by atoms with Gasteiger partial charge < -0.3 is 10.1 Å². The highest BCUT2D eigenvalue weighted by Crippen LogP contribution is 2.25. The molecule has 2 aromatic rings. The van der Waals surface area contributed by atoms with Crippen molar-refractivity contribution >= 4 is 23.3 Å². The number of carbonyl (C=O) groups is 1. The number of hydrogen-bond donors (Lipinski definition) is 1. The van der Waals surface area contributed by atoms with Gasteiger partial charge in [-0.1, -0.05) is 29.3 Å². The fourth-order valence-corrected chi connectivity index (χ4v) is 2.10. The van der Waals surface area contributed by atoms with Crippen molar-refractivity contribution in [3.05, 3.63) is 64.4 Å². The van der Waals surface area contributed by atoms with E-state index in [-0.39, 0.29) is 5.56 Å². The summed E-state index contributed by atoms with van der Waals surface area (Å²) in [6.45, 7) is 1.83. The highest BCUT2D eigenvalue weighted by Gasteiger charge is 2.24. The molecule has 0 aliphatic heterocycles. The van der Waals surface area contributed by atoms with Crippen LogP contribution in [0.15, 0.2) is 42.5 Å². The molecule has 0 saturated heterocycles. The number of nitrogens with one attached hydrogen (secondary N) is 1. The normalized spacial score (nSPS) is 11.8. The second-order valence-corrected chi connectivity index (χ2v) is 5.07. The van der Waals surface area contributed by atoms with Crippen molar-refractivity contribution in [3.8, 4) is 0 Å². The molecular formula is C16H15ClFNO2. The van der Waals surface area contributed by atoms with Gasteiger partial charge in [-0.05, 0) is 37.3 Å². The molecule has 21 heavy (non-hydrogen) atoms. The molecule has 5 heteroatoms. The van der Waals surface area contributed by atoms with Crippen molar-refractivity contribution < 1.29 is 13.9 Å². The summed E-state index contributed by atoms with van der Waals surface area (Å²) in [7, 11) is 1.27. The molecule has 2 aromatic carbocycles. The van der Waals surface area contributed by atoms with Gasteiger partial charge in [0.25, 0.3) is 0 Å². The van der Waals surface area contributed by atoms with E-state index in [1.54, 1.807) is 36.4 Å². The van der Waals surface area contributed by atoms with Crippen LogP contribution in [0.4, 0.5) is 10.1 Å². The topological polar surface area (TPSA) is 38.3 Å². The van der Waals surface area contributed by atoms with Crippen molar-refractivity contribution in [2.45, 2.75) is 13.0 Å². The first-order valence-electron chi connectivity index (χ1n) is 6.37. The summed E-state index contributed by atoms with van der Waals surface area (Å²) in [5.41, 5.74) is 1.76. The highest BCUT2D eigenvalue weighted by molar-refractivity contribution is 6.30. The molecule has 0 aliphatic rings. The lowest BCUT2D eigenvalue weighted by Gasteiger charge is -2.19. The molecule has 3 nitrogen and oxygen atoms in total. The second kappa shape index (κ2) is 6.59. The standard InChI is InChI=1S/C16H15ClFNO2/c1-10-3-8-14(18)13(9-10)15(16(20)21-2)19-12-6-4-11(17)5-7-12/h3-9,15,19H,1-2H3. The molecule has 110 valence electrons. The number of halogens is 2. The molecule has 2 rings (SSSR count). The molecule has 0 fully saturated rings. The summed E-state index contributed by atoms with van der Waals surface area (Å²) < 4.78 is 18.8. The molecule has 0 heterocycles. The Bertz CT molecular complexity index is 643. The van der Waals surface area contributed by atoms with E-state index in [0.717, 1.165) is 5.56 Å². The number of anilines is 1. The zero-order valence-corrected chi connectivity index (χ0v) is 12.4. The first kappa shape index (κ1) is 15.3. The van der Waals surface area contributed by atoms with Crippen LogP contribution in [0.25, 0.3) is 0 Å². The van der Waals surface area contributed by atoms with Crippen LogP contribution >= 0.6 is 11.6 Å². The molecule has 0 aliphatic carbocycles. The Balaban J connectivity index is 2.36. The number of methoxy groups -OCH3 is 1. The lowest BCUT2D eigenvalue weighted by molar-refractivity contribution is -0.141. The van der Waals surface area contributed by atoms with Crippen LogP contribution in [-0.4, -0.2) is 13.1 Å². The molecule has 0 amide bonds. The maximum absolute atomic E-state index is 14.0. The van der Waals surface area contributed by atoms with Crippen LogP contribution in [0.2, 0.25) is 5.02 Å². The Morgan fingerprint density at radius 2 is 1.90 bits per heavy atom. The van der Waals surface area contributed by atoms with Crippen LogP contribution in [0.1, 0.15) is 17.2 Å². The Kier molecular flexibility index (Phi) is 4.81. The Labute approximate surface area is 127 Å². The molecule has 1 atom stereocenters. The van der Waals surface area contributed by atoms with Crippen molar-refractivity contribution in [1.82, 2.24) is 0 Å². The molecule has 0 spiro atoms.